The fourth-order valence-corrected chi connectivity index (χ4v) is 5.47. The van der Waals surface area contributed by atoms with Crippen LogP contribution < -0.4 is 38.1 Å². The van der Waals surface area contributed by atoms with E-state index in [1.165, 1.54) is 0 Å². The van der Waals surface area contributed by atoms with Crippen LogP contribution in [-0.4, -0.2) is 84.0 Å². The Morgan fingerprint density at radius 1 is 0.809 bits per heavy atom. The molecular formula is C34H49N7O6. The van der Waals surface area contributed by atoms with Gasteiger partial charge in [0.2, 0.25) is 23.6 Å². The zero-order chi connectivity index (χ0) is 34.3. The fourth-order valence-electron chi connectivity index (χ4n) is 5.47. The third-order valence-electron chi connectivity index (χ3n) is 8.00. The number of rotatable bonds is 18. The lowest BCUT2D eigenvalue weighted by atomic mass is 9.99. The quantitative estimate of drug-likeness (QED) is 0.108. The lowest BCUT2D eigenvalue weighted by Gasteiger charge is -2.27. The molecule has 0 unspecified atom stereocenters. The van der Waals surface area contributed by atoms with E-state index in [1.54, 1.807) is 0 Å². The van der Waals surface area contributed by atoms with Crippen LogP contribution in [0.25, 0.3) is 0 Å². The number of nitrogens with two attached hydrogens (primary N) is 2. The van der Waals surface area contributed by atoms with Gasteiger partial charge in [-0.15, -0.1) is 0 Å². The summed E-state index contributed by atoms with van der Waals surface area (Å²) in [5.74, 6) is -3.07. The average Bonchev–Trinajstić information content (AvgIpc) is 3.51. The summed E-state index contributed by atoms with van der Waals surface area (Å²) in [7, 11) is 0. The molecule has 10 N–H and O–H groups in total. The van der Waals surface area contributed by atoms with Crippen molar-refractivity contribution in [2.75, 3.05) is 13.1 Å². The summed E-state index contributed by atoms with van der Waals surface area (Å²) in [6, 6.07) is 13.5. The Morgan fingerprint density at radius 3 is 1.91 bits per heavy atom. The van der Waals surface area contributed by atoms with Crippen LogP contribution in [0, 0.1) is 5.92 Å². The molecule has 4 amide bonds. The molecule has 13 heteroatoms. The van der Waals surface area contributed by atoms with Gasteiger partial charge in [-0.05, 0) is 55.7 Å². The first-order chi connectivity index (χ1) is 22.5. The number of nitrogens with one attached hydrogen (secondary N) is 5. The lowest BCUT2D eigenvalue weighted by Crippen LogP contribution is -2.59. The second-order valence-corrected chi connectivity index (χ2v) is 12.5. The summed E-state index contributed by atoms with van der Waals surface area (Å²) < 4.78 is 0. The highest BCUT2D eigenvalue weighted by atomic mass is 16.4. The topological polar surface area (TPSA) is 218 Å². The second-order valence-electron chi connectivity index (χ2n) is 12.5. The molecule has 0 bridgehead atoms. The molecule has 2 aromatic carbocycles. The van der Waals surface area contributed by atoms with Crippen LogP contribution in [0.5, 0.6) is 0 Å². The van der Waals surface area contributed by atoms with Crippen LogP contribution in [0.15, 0.2) is 60.7 Å². The number of carboxylic acids is 1. The highest BCUT2D eigenvalue weighted by Crippen LogP contribution is 2.11. The zero-order valence-corrected chi connectivity index (χ0v) is 27.1. The molecule has 1 aliphatic rings. The van der Waals surface area contributed by atoms with E-state index in [4.69, 9.17) is 11.5 Å². The summed E-state index contributed by atoms with van der Waals surface area (Å²) in [5.41, 5.74) is 13.6. The molecule has 0 spiro atoms. The van der Waals surface area contributed by atoms with Crippen LogP contribution in [0.4, 0.5) is 0 Å². The van der Waals surface area contributed by atoms with E-state index in [0.717, 1.165) is 11.1 Å². The Hall–Kier alpha value is -4.33. The maximum Gasteiger partial charge on any atom is 0.320 e. The first kappa shape index (κ1) is 37.1. The van der Waals surface area contributed by atoms with Crippen LogP contribution in [0.1, 0.15) is 50.7 Å². The van der Waals surface area contributed by atoms with Gasteiger partial charge in [-0.25, -0.2) is 0 Å². The highest BCUT2D eigenvalue weighted by Gasteiger charge is 2.34. The minimum Gasteiger partial charge on any atom is -0.480 e. The van der Waals surface area contributed by atoms with Gasteiger partial charge in [0.1, 0.15) is 24.2 Å². The molecule has 47 heavy (non-hydrogen) atoms. The van der Waals surface area contributed by atoms with Crippen molar-refractivity contribution < 1.29 is 29.1 Å². The lowest BCUT2D eigenvalue weighted by molar-refractivity contribution is -0.139. The van der Waals surface area contributed by atoms with E-state index in [0.29, 0.717) is 13.0 Å². The van der Waals surface area contributed by atoms with E-state index >= 15 is 0 Å². The third kappa shape index (κ3) is 12.4. The standard InChI is InChI=1S/C34H49N7O6/c1-21(2)16-27(32(44)39-26(14-9-15-35)31(43)38-24-19-29(34(46)47)37-20-24)41-33(45)28(18-23-12-7-4-8-13-23)40-30(42)25(36)17-22-10-5-3-6-11-22/h3-8,10-13,21,24-29,37H,9,14-20,35-36H2,1-2H3,(H,38,43)(H,39,44)(H,40,42)(H,41,45)(H,46,47)/t24-,25+,26+,27+,28+,29-/m0/s1. The number of hydrogen-bond donors (Lipinski definition) is 8. The van der Waals surface area contributed by atoms with Crippen LogP contribution in [0.3, 0.4) is 0 Å². The van der Waals surface area contributed by atoms with E-state index in [9.17, 15) is 29.1 Å². The van der Waals surface area contributed by atoms with Crippen molar-refractivity contribution in [3.05, 3.63) is 71.8 Å². The van der Waals surface area contributed by atoms with Gasteiger partial charge in [0.15, 0.2) is 0 Å². The van der Waals surface area contributed by atoms with E-state index in [-0.39, 0.29) is 44.6 Å². The van der Waals surface area contributed by atoms with E-state index in [1.807, 2.05) is 74.5 Å². The number of carbonyl (C=O) groups is 5. The Morgan fingerprint density at radius 2 is 1.36 bits per heavy atom. The molecule has 0 aliphatic carbocycles. The van der Waals surface area contributed by atoms with Gasteiger partial charge in [0.05, 0.1) is 6.04 Å². The summed E-state index contributed by atoms with van der Waals surface area (Å²) in [4.78, 5) is 65.1. The fraction of sp³-hybridized carbons (Fsp3) is 0.500. The molecule has 3 rings (SSSR count). The van der Waals surface area contributed by atoms with Crippen molar-refractivity contribution in [1.29, 1.82) is 0 Å². The molecule has 0 saturated carbocycles. The van der Waals surface area contributed by atoms with Crippen molar-refractivity contribution >= 4 is 29.6 Å². The number of aliphatic carboxylic acids is 1. The van der Waals surface area contributed by atoms with E-state index in [2.05, 4.69) is 26.6 Å². The molecule has 0 radical (unpaired) electrons. The molecule has 0 aromatic heterocycles. The second kappa shape index (κ2) is 18.7. The first-order valence-corrected chi connectivity index (χ1v) is 16.2. The van der Waals surface area contributed by atoms with Crippen molar-refractivity contribution in [3.8, 4) is 0 Å². The van der Waals surface area contributed by atoms with Crippen LogP contribution >= 0.6 is 0 Å². The largest absolute Gasteiger partial charge is 0.480 e. The molecule has 1 fully saturated rings. The molecule has 1 heterocycles. The highest BCUT2D eigenvalue weighted by molar-refractivity contribution is 5.95. The van der Waals surface area contributed by atoms with Gasteiger partial charge < -0.3 is 43.2 Å². The van der Waals surface area contributed by atoms with Gasteiger partial charge in [-0.3, -0.25) is 24.0 Å². The molecule has 1 aliphatic heterocycles. The molecule has 6 atom stereocenters. The molecule has 256 valence electrons. The van der Waals surface area contributed by atoms with Gasteiger partial charge in [-0.2, -0.15) is 0 Å². The summed E-state index contributed by atoms with van der Waals surface area (Å²) >= 11 is 0. The number of carboxylic acid groups (broad SMARTS) is 1. The Kier molecular flexibility index (Phi) is 14.8. The number of amides is 4. The normalized spacial score (nSPS) is 18.4. The van der Waals surface area contributed by atoms with Crippen molar-refractivity contribution in [1.82, 2.24) is 26.6 Å². The third-order valence-corrected chi connectivity index (χ3v) is 8.00. The number of carbonyl (C=O) groups excluding carboxylic acids is 4. The smallest absolute Gasteiger partial charge is 0.320 e. The molecular weight excluding hydrogens is 602 g/mol. The monoisotopic (exact) mass is 651 g/mol. The first-order valence-electron chi connectivity index (χ1n) is 16.2. The van der Waals surface area contributed by atoms with Gasteiger partial charge >= 0.3 is 5.97 Å². The predicted molar refractivity (Wildman–Crippen MR) is 178 cm³/mol. The van der Waals surface area contributed by atoms with Gasteiger partial charge in [0, 0.05) is 19.0 Å². The Bertz CT molecular complexity index is 1330. The number of hydrogen-bond acceptors (Lipinski definition) is 8. The van der Waals surface area contributed by atoms with Gasteiger partial charge in [0.25, 0.3) is 0 Å². The predicted octanol–water partition coefficient (Wildman–Crippen LogP) is -0.0302. The van der Waals surface area contributed by atoms with Crippen molar-refractivity contribution in [3.63, 3.8) is 0 Å². The average molecular weight is 652 g/mol. The Labute approximate surface area is 276 Å². The summed E-state index contributed by atoms with van der Waals surface area (Å²) in [6.45, 7) is 4.40. The Balaban J connectivity index is 1.73. The van der Waals surface area contributed by atoms with Gasteiger partial charge in [-0.1, -0.05) is 74.5 Å². The minimum atomic E-state index is -1.03. The van der Waals surface area contributed by atoms with Crippen LogP contribution in [-0.2, 0) is 36.8 Å². The summed E-state index contributed by atoms with van der Waals surface area (Å²) in [5, 5.41) is 23.3. The number of benzene rings is 2. The maximum atomic E-state index is 13.8. The van der Waals surface area contributed by atoms with E-state index < -0.39 is 65.8 Å². The molecule has 2 aromatic rings. The summed E-state index contributed by atoms with van der Waals surface area (Å²) in [6.07, 6.45) is 1.65. The van der Waals surface area contributed by atoms with Crippen molar-refractivity contribution in [2.45, 2.75) is 88.6 Å². The minimum absolute atomic E-state index is 0.00124. The maximum absolute atomic E-state index is 13.8. The van der Waals surface area contributed by atoms with Crippen molar-refractivity contribution in [2.24, 2.45) is 17.4 Å². The molecule has 13 nitrogen and oxygen atoms in total. The molecule has 1 saturated heterocycles. The SMILES string of the molecule is CC(C)C[C@@H](NC(=O)[C@@H](Cc1ccccc1)NC(=O)[C@H](N)Cc1ccccc1)C(=O)N[C@H](CCCN)C(=O)N[C@@H]1CN[C@H](C(=O)O)C1. The zero-order valence-electron chi connectivity index (χ0n) is 27.1. The van der Waals surface area contributed by atoms with Crippen LogP contribution in [0.2, 0.25) is 0 Å².